The minimum absolute atomic E-state index is 0.000278. The van der Waals surface area contributed by atoms with Crippen molar-refractivity contribution in [3.05, 3.63) is 23.8 Å². The monoisotopic (exact) mass is 228 g/mol. The summed E-state index contributed by atoms with van der Waals surface area (Å²) in [5.41, 5.74) is 5.47. The van der Waals surface area contributed by atoms with Gasteiger partial charge >= 0.3 is 0 Å². The molecule has 0 aromatic heterocycles. The molecule has 3 nitrogen and oxygen atoms in total. The SMILES string of the molecule is Nc1cc(F)c(N2CCCOCC2)c(F)c1. The van der Waals surface area contributed by atoms with E-state index in [0.29, 0.717) is 26.3 Å². The molecule has 1 aromatic carbocycles. The first-order valence-corrected chi connectivity index (χ1v) is 5.25. The van der Waals surface area contributed by atoms with E-state index in [1.54, 1.807) is 4.90 Å². The van der Waals surface area contributed by atoms with E-state index in [9.17, 15) is 8.78 Å². The van der Waals surface area contributed by atoms with Crippen LogP contribution in [0.2, 0.25) is 0 Å². The van der Waals surface area contributed by atoms with Crippen LogP contribution < -0.4 is 10.6 Å². The van der Waals surface area contributed by atoms with E-state index < -0.39 is 11.6 Å². The molecule has 1 fully saturated rings. The lowest BCUT2D eigenvalue weighted by molar-refractivity contribution is 0.152. The average Bonchev–Trinajstić information content (AvgIpc) is 2.44. The summed E-state index contributed by atoms with van der Waals surface area (Å²) in [6.07, 6.45) is 0.767. The van der Waals surface area contributed by atoms with Crippen LogP contribution in [0.15, 0.2) is 12.1 Å². The Hall–Kier alpha value is -1.36. The van der Waals surface area contributed by atoms with Crippen LogP contribution in [0.1, 0.15) is 6.42 Å². The van der Waals surface area contributed by atoms with Crippen LogP contribution >= 0.6 is 0 Å². The van der Waals surface area contributed by atoms with Crippen molar-refractivity contribution in [2.24, 2.45) is 0 Å². The van der Waals surface area contributed by atoms with Gasteiger partial charge in [-0.15, -0.1) is 0 Å². The number of nitrogen functional groups attached to an aromatic ring is 1. The minimum Gasteiger partial charge on any atom is -0.399 e. The summed E-state index contributed by atoms with van der Waals surface area (Å²) in [4.78, 5) is 1.66. The highest BCUT2D eigenvalue weighted by Gasteiger charge is 2.18. The zero-order chi connectivity index (χ0) is 11.5. The van der Waals surface area contributed by atoms with E-state index in [1.807, 2.05) is 0 Å². The number of nitrogens with zero attached hydrogens (tertiary/aromatic N) is 1. The topological polar surface area (TPSA) is 38.5 Å². The second-order valence-electron chi connectivity index (χ2n) is 3.79. The van der Waals surface area contributed by atoms with Crippen molar-refractivity contribution in [3.63, 3.8) is 0 Å². The van der Waals surface area contributed by atoms with Crippen LogP contribution in [0.4, 0.5) is 20.2 Å². The van der Waals surface area contributed by atoms with Gasteiger partial charge in [0.15, 0.2) is 11.6 Å². The molecule has 0 spiro atoms. The van der Waals surface area contributed by atoms with Gasteiger partial charge in [-0.1, -0.05) is 0 Å². The van der Waals surface area contributed by atoms with Crippen molar-refractivity contribution in [2.75, 3.05) is 36.9 Å². The van der Waals surface area contributed by atoms with Gasteiger partial charge in [0.25, 0.3) is 0 Å². The lowest BCUT2D eigenvalue weighted by atomic mass is 10.2. The number of halogens is 2. The molecule has 16 heavy (non-hydrogen) atoms. The zero-order valence-corrected chi connectivity index (χ0v) is 8.88. The van der Waals surface area contributed by atoms with E-state index in [-0.39, 0.29) is 11.4 Å². The molecule has 0 amide bonds. The Morgan fingerprint density at radius 3 is 2.50 bits per heavy atom. The van der Waals surface area contributed by atoms with Gasteiger partial charge in [-0.05, 0) is 18.6 Å². The first kappa shape index (κ1) is 11.1. The Labute approximate surface area is 92.8 Å². The summed E-state index contributed by atoms with van der Waals surface area (Å²) in [6.45, 7) is 2.22. The Bertz CT molecular complexity index is 353. The van der Waals surface area contributed by atoms with Gasteiger partial charge in [0.05, 0.1) is 6.61 Å². The first-order valence-electron chi connectivity index (χ1n) is 5.25. The van der Waals surface area contributed by atoms with Crippen molar-refractivity contribution < 1.29 is 13.5 Å². The number of anilines is 2. The fourth-order valence-corrected chi connectivity index (χ4v) is 1.86. The van der Waals surface area contributed by atoms with Crippen LogP contribution in [0.5, 0.6) is 0 Å². The van der Waals surface area contributed by atoms with E-state index in [0.717, 1.165) is 18.6 Å². The number of rotatable bonds is 1. The van der Waals surface area contributed by atoms with Gasteiger partial charge in [0, 0.05) is 25.4 Å². The largest absolute Gasteiger partial charge is 0.399 e. The smallest absolute Gasteiger partial charge is 0.151 e. The van der Waals surface area contributed by atoms with Crippen molar-refractivity contribution in [3.8, 4) is 0 Å². The maximum Gasteiger partial charge on any atom is 0.151 e. The number of nitrogens with two attached hydrogens (primary N) is 1. The summed E-state index contributed by atoms with van der Waals surface area (Å²) in [6, 6.07) is 2.29. The molecule has 1 aliphatic rings. The molecular weight excluding hydrogens is 214 g/mol. The second kappa shape index (κ2) is 4.65. The third-order valence-electron chi connectivity index (χ3n) is 2.58. The van der Waals surface area contributed by atoms with Gasteiger partial charge in [-0.3, -0.25) is 0 Å². The lowest BCUT2D eigenvalue weighted by Crippen LogP contribution is -2.27. The first-order chi connectivity index (χ1) is 7.68. The second-order valence-corrected chi connectivity index (χ2v) is 3.79. The lowest BCUT2D eigenvalue weighted by Gasteiger charge is -2.23. The molecular formula is C11H14F2N2O. The highest BCUT2D eigenvalue weighted by molar-refractivity contribution is 5.55. The Kier molecular flexibility index (Phi) is 3.24. The van der Waals surface area contributed by atoms with Crippen molar-refractivity contribution >= 4 is 11.4 Å². The van der Waals surface area contributed by atoms with Crippen LogP contribution in [-0.4, -0.2) is 26.3 Å². The fourth-order valence-electron chi connectivity index (χ4n) is 1.86. The maximum absolute atomic E-state index is 13.6. The number of hydrogen-bond donors (Lipinski definition) is 1. The molecule has 0 radical (unpaired) electrons. The molecule has 0 saturated carbocycles. The summed E-state index contributed by atoms with van der Waals surface area (Å²) in [5.74, 6) is -1.22. The standard InChI is InChI=1S/C11H14F2N2O/c12-9-6-8(14)7-10(13)11(9)15-2-1-4-16-5-3-15/h6-7H,1-5,14H2. The highest BCUT2D eigenvalue weighted by atomic mass is 19.1. The Balaban J connectivity index is 2.31. The van der Waals surface area contributed by atoms with Crippen molar-refractivity contribution in [2.45, 2.75) is 6.42 Å². The van der Waals surface area contributed by atoms with Gasteiger partial charge in [-0.2, -0.15) is 0 Å². The molecule has 5 heteroatoms. The molecule has 0 aliphatic carbocycles. The van der Waals surface area contributed by atoms with Gasteiger partial charge < -0.3 is 15.4 Å². The molecule has 1 heterocycles. The molecule has 0 unspecified atom stereocenters. The maximum atomic E-state index is 13.6. The minimum atomic E-state index is -0.612. The number of ether oxygens (including phenoxy) is 1. The van der Waals surface area contributed by atoms with E-state index >= 15 is 0 Å². The van der Waals surface area contributed by atoms with E-state index in [2.05, 4.69) is 0 Å². The predicted molar refractivity (Wildman–Crippen MR) is 58.4 cm³/mol. The van der Waals surface area contributed by atoms with Crippen LogP contribution in [0.3, 0.4) is 0 Å². The summed E-state index contributed by atoms with van der Waals surface area (Å²) in [5, 5.41) is 0. The molecule has 1 aliphatic heterocycles. The summed E-state index contributed by atoms with van der Waals surface area (Å²) in [7, 11) is 0. The molecule has 1 saturated heterocycles. The third kappa shape index (κ3) is 2.24. The third-order valence-corrected chi connectivity index (χ3v) is 2.58. The van der Waals surface area contributed by atoms with Gasteiger partial charge in [0.2, 0.25) is 0 Å². The molecule has 2 N–H and O–H groups in total. The zero-order valence-electron chi connectivity index (χ0n) is 8.88. The Morgan fingerprint density at radius 2 is 1.81 bits per heavy atom. The van der Waals surface area contributed by atoms with Crippen LogP contribution in [0, 0.1) is 11.6 Å². The summed E-state index contributed by atoms with van der Waals surface area (Å²) >= 11 is 0. The fraction of sp³-hybridized carbons (Fsp3) is 0.455. The average molecular weight is 228 g/mol. The van der Waals surface area contributed by atoms with E-state index in [1.165, 1.54) is 0 Å². The van der Waals surface area contributed by atoms with E-state index in [4.69, 9.17) is 10.5 Å². The number of hydrogen-bond acceptors (Lipinski definition) is 3. The molecule has 0 atom stereocenters. The molecule has 0 bridgehead atoms. The van der Waals surface area contributed by atoms with Crippen LogP contribution in [-0.2, 0) is 4.74 Å². The Morgan fingerprint density at radius 1 is 1.12 bits per heavy atom. The number of benzene rings is 1. The normalized spacial score (nSPS) is 17.2. The quantitative estimate of drug-likeness (QED) is 0.744. The highest BCUT2D eigenvalue weighted by Crippen LogP contribution is 2.26. The molecule has 2 rings (SSSR count). The predicted octanol–water partition coefficient (Wildman–Crippen LogP) is 1.77. The molecule has 88 valence electrons. The summed E-state index contributed by atoms with van der Waals surface area (Å²) < 4.78 is 32.5. The van der Waals surface area contributed by atoms with Crippen molar-refractivity contribution in [1.29, 1.82) is 0 Å². The molecule has 1 aromatic rings. The van der Waals surface area contributed by atoms with Crippen molar-refractivity contribution in [1.82, 2.24) is 0 Å². The van der Waals surface area contributed by atoms with Gasteiger partial charge in [-0.25, -0.2) is 8.78 Å². The van der Waals surface area contributed by atoms with Gasteiger partial charge in [0.1, 0.15) is 5.69 Å². The van der Waals surface area contributed by atoms with Crippen LogP contribution in [0.25, 0.3) is 0 Å².